The summed E-state index contributed by atoms with van der Waals surface area (Å²) in [6, 6.07) is 7.01. The number of halogens is 2. The van der Waals surface area contributed by atoms with Crippen molar-refractivity contribution in [1.29, 1.82) is 0 Å². The van der Waals surface area contributed by atoms with Gasteiger partial charge in [0.15, 0.2) is 0 Å². The van der Waals surface area contributed by atoms with Crippen molar-refractivity contribution in [2.24, 2.45) is 0 Å². The van der Waals surface area contributed by atoms with Crippen molar-refractivity contribution >= 4 is 5.69 Å². The number of ether oxygens (including phenoxy) is 1. The highest BCUT2D eigenvalue weighted by Crippen LogP contribution is 2.30. The molecule has 2 rings (SSSR count). The van der Waals surface area contributed by atoms with Crippen LogP contribution in [0.4, 0.5) is 14.5 Å². The molecule has 1 aromatic carbocycles. The molecular formula is C14H12F2N2O3. The van der Waals surface area contributed by atoms with Gasteiger partial charge in [0, 0.05) is 23.4 Å². The van der Waals surface area contributed by atoms with Crippen LogP contribution in [0.15, 0.2) is 36.5 Å². The van der Waals surface area contributed by atoms with Crippen molar-refractivity contribution in [3.05, 3.63) is 63.3 Å². The van der Waals surface area contributed by atoms with Crippen molar-refractivity contribution in [1.82, 2.24) is 4.98 Å². The van der Waals surface area contributed by atoms with Crippen LogP contribution in [-0.2, 0) is 6.61 Å². The number of pyridine rings is 1. The quantitative estimate of drug-likeness (QED) is 0.621. The van der Waals surface area contributed by atoms with Gasteiger partial charge in [-0.15, -0.1) is 0 Å². The molecule has 0 unspecified atom stereocenters. The molecule has 2 aromatic rings. The molecule has 0 atom stereocenters. The predicted molar refractivity (Wildman–Crippen MR) is 71.4 cm³/mol. The smallest absolute Gasteiger partial charge is 0.276 e. The maximum Gasteiger partial charge on any atom is 0.276 e. The third-order valence-corrected chi connectivity index (χ3v) is 2.93. The number of hydrogen-bond donors (Lipinski definition) is 0. The zero-order valence-corrected chi connectivity index (χ0v) is 11.1. The minimum atomic E-state index is -2.81. The van der Waals surface area contributed by atoms with Gasteiger partial charge >= 0.3 is 0 Å². The first-order valence-electron chi connectivity index (χ1n) is 6.09. The Morgan fingerprint density at radius 3 is 2.71 bits per heavy atom. The second-order valence-corrected chi connectivity index (χ2v) is 4.32. The van der Waals surface area contributed by atoms with E-state index in [4.69, 9.17) is 4.74 Å². The first-order valence-corrected chi connectivity index (χ1v) is 6.09. The Hall–Kier alpha value is -2.57. The minimum absolute atomic E-state index is 0.137. The summed E-state index contributed by atoms with van der Waals surface area (Å²) in [4.78, 5) is 14.2. The average Bonchev–Trinajstić information content (AvgIpc) is 2.45. The molecule has 1 aromatic heterocycles. The molecule has 0 aliphatic carbocycles. The molecule has 5 nitrogen and oxygen atoms in total. The van der Waals surface area contributed by atoms with E-state index < -0.39 is 16.9 Å². The van der Waals surface area contributed by atoms with Crippen molar-refractivity contribution in [3.8, 4) is 5.88 Å². The van der Waals surface area contributed by atoms with Crippen molar-refractivity contribution in [2.75, 3.05) is 0 Å². The Bertz CT molecular complexity index is 662. The molecule has 21 heavy (non-hydrogen) atoms. The summed E-state index contributed by atoms with van der Waals surface area (Å²) in [6.07, 6.45) is -1.32. The van der Waals surface area contributed by atoms with Crippen LogP contribution >= 0.6 is 0 Å². The molecule has 0 aliphatic heterocycles. The first kappa shape index (κ1) is 14.8. The van der Waals surface area contributed by atoms with E-state index >= 15 is 0 Å². The average molecular weight is 294 g/mol. The number of nitro groups is 1. The Morgan fingerprint density at radius 2 is 2.10 bits per heavy atom. The number of rotatable bonds is 5. The van der Waals surface area contributed by atoms with Gasteiger partial charge in [-0.1, -0.05) is 18.2 Å². The number of nitro benzene ring substituents is 1. The van der Waals surface area contributed by atoms with Crippen LogP contribution in [0.2, 0.25) is 0 Å². The topological polar surface area (TPSA) is 65.3 Å². The van der Waals surface area contributed by atoms with Gasteiger partial charge in [-0.3, -0.25) is 10.1 Å². The molecule has 0 radical (unpaired) electrons. The number of aromatic nitrogens is 1. The zero-order chi connectivity index (χ0) is 15.4. The Balaban J connectivity index is 2.34. The lowest BCUT2D eigenvalue weighted by Gasteiger charge is -2.11. The summed E-state index contributed by atoms with van der Waals surface area (Å²) >= 11 is 0. The van der Waals surface area contributed by atoms with Gasteiger partial charge in [0.2, 0.25) is 5.88 Å². The van der Waals surface area contributed by atoms with Gasteiger partial charge in [-0.25, -0.2) is 13.8 Å². The summed E-state index contributed by atoms with van der Waals surface area (Å²) in [6.45, 7) is 1.41. The standard InChI is InChI=1S/C14H12F2N2O3/c1-9-4-3-7-17-14(9)21-8-11-10(13(15)16)5-2-6-12(11)18(19)20/h2-7,13H,8H2,1H3. The van der Waals surface area contributed by atoms with Crippen LogP contribution < -0.4 is 4.74 Å². The Labute approximate surface area is 119 Å². The van der Waals surface area contributed by atoms with Crippen LogP contribution in [0.3, 0.4) is 0 Å². The first-order chi connectivity index (χ1) is 10.0. The maximum atomic E-state index is 13.0. The Kier molecular flexibility index (Phi) is 4.42. The highest BCUT2D eigenvalue weighted by atomic mass is 19.3. The second-order valence-electron chi connectivity index (χ2n) is 4.32. The molecule has 0 saturated carbocycles. The largest absolute Gasteiger partial charge is 0.472 e. The van der Waals surface area contributed by atoms with E-state index in [0.29, 0.717) is 0 Å². The predicted octanol–water partition coefficient (Wildman–Crippen LogP) is 3.81. The van der Waals surface area contributed by atoms with Crippen molar-refractivity contribution < 1.29 is 18.4 Å². The molecule has 0 N–H and O–H groups in total. The molecular weight excluding hydrogens is 282 g/mol. The van der Waals surface area contributed by atoms with Gasteiger partial charge in [0.05, 0.1) is 10.5 Å². The van der Waals surface area contributed by atoms with Crippen LogP contribution in [0.1, 0.15) is 23.1 Å². The fourth-order valence-electron chi connectivity index (χ4n) is 1.89. The van der Waals surface area contributed by atoms with Gasteiger partial charge in [0.1, 0.15) is 6.61 Å². The molecule has 1 heterocycles. The zero-order valence-electron chi connectivity index (χ0n) is 11.1. The van der Waals surface area contributed by atoms with E-state index in [1.54, 1.807) is 19.1 Å². The third-order valence-electron chi connectivity index (χ3n) is 2.93. The van der Waals surface area contributed by atoms with E-state index in [-0.39, 0.29) is 23.7 Å². The van der Waals surface area contributed by atoms with Crippen molar-refractivity contribution in [3.63, 3.8) is 0 Å². The monoisotopic (exact) mass is 294 g/mol. The summed E-state index contributed by atoms with van der Waals surface area (Å²) in [5.41, 5.74) is -0.212. The normalized spacial score (nSPS) is 10.7. The summed E-state index contributed by atoms with van der Waals surface area (Å²) in [7, 11) is 0. The SMILES string of the molecule is Cc1cccnc1OCc1c(C(F)F)cccc1[N+](=O)[O-]. The molecule has 0 spiro atoms. The highest BCUT2D eigenvalue weighted by Gasteiger charge is 2.23. The molecule has 0 amide bonds. The minimum Gasteiger partial charge on any atom is -0.472 e. The van der Waals surface area contributed by atoms with Gasteiger partial charge < -0.3 is 4.74 Å². The molecule has 0 fully saturated rings. The lowest BCUT2D eigenvalue weighted by atomic mass is 10.1. The van der Waals surface area contributed by atoms with Crippen LogP contribution in [0, 0.1) is 17.0 Å². The van der Waals surface area contributed by atoms with E-state index in [0.717, 1.165) is 11.6 Å². The number of hydrogen-bond acceptors (Lipinski definition) is 4. The highest BCUT2D eigenvalue weighted by molar-refractivity contribution is 5.46. The number of alkyl halides is 2. The number of aryl methyl sites for hydroxylation is 1. The van der Waals surface area contributed by atoms with Crippen LogP contribution in [0.25, 0.3) is 0 Å². The van der Waals surface area contributed by atoms with Crippen LogP contribution in [0.5, 0.6) is 5.88 Å². The Morgan fingerprint density at radius 1 is 1.33 bits per heavy atom. The fraction of sp³-hybridized carbons (Fsp3) is 0.214. The summed E-state index contributed by atoms with van der Waals surface area (Å²) in [5.74, 6) is 0.260. The molecule has 110 valence electrons. The van der Waals surface area contributed by atoms with Gasteiger partial charge in [-0.2, -0.15) is 0 Å². The molecule has 0 saturated heterocycles. The number of benzene rings is 1. The van der Waals surface area contributed by atoms with Crippen LogP contribution in [-0.4, -0.2) is 9.91 Å². The van der Waals surface area contributed by atoms with E-state index in [9.17, 15) is 18.9 Å². The fourth-order valence-corrected chi connectivity index (χ4v) is 1.89. The lowest BCUT2D eigenvalue weighted by Crippen LogP contribution is -2.06. The maximum absolute atomic E-state index is 13.0. The van der Waals surface area contributed by atoms with E-state index in [2.05, 4.69) is 4.98 Å². The molecule has 7 heteroatoms. The summed E-state index contributed by atoms with van der Waals surface area (Å²) in [5, 5.41) is 11.0. The van der Waals surface area contributed by atoms with Crippen molar-refractivity contribution in [2.45, 2.75) is 20.0 Å². The molecule has 0 bridgehead atoms. The number of nitrogens with zero attached hydrogens (tertiary/aromatic N) is 2. The second kappa shape index (κ2) is 6.25. The summed E-state index contributed by atoms with van der Waals surface area (Å²) < 4.78 is 31.3. The van der Waals surface area contributed by atoms with E-state index in [1.807, 2.05) is 0 Å². The molecule has 0 aliphatic rings. The van der Waals surface area contributed by atoms with Gasteiger partial charge in [0.25, 0.3) is 12.1 Å². The third kappa shape index (κ3) is 3.31. The lowest BCUT2D eigenvalue weighted by molar-refractivity contribution is -0.385. The van der Waals surface area contributed by atoms with Gasteiger partial charge in [-0.05, 0) is 13.0 Å². The van der Waals surface area contributed by atoms with E-state index in [1.165, 1.54) is 18.3 Å².